The number of rotatable bonds is 9. The van der Waals surface area contributed by atoms with E-state index < -0.39 is 12.1 Å². The average Bonchev–Trinajstić information content (AvgIpc) is 2.73. The number of aliphatic hydroxyl groups excluding tert-OH is 1. The molecule has 2 aromatic rings. The molecule has 0 saturated carbocycles. The van der Waals surface area contributed by atoms with Crippen LogP contribution in [0.2, 0.25) is 0 Å². The van der Waals surface area contributed by atoms with Crippen LogP contribution in [0.1, 0.15) is 56.1 Å². The number of hydrogen-bond donors (Lipinski definition) is 3. The predicted molar refractivity (Wildman–Crippen MR) is 127 cm³/mol. The molecule has 2 amide bonds. The monoisotopic (exact) mass is 440 g/mol. The maximum atomic E-state index is 12.7. The van der Waals surface area contributed by atoms with E-state index in [0.717, 1.165) is 11.1 Å². The Balaban J connectivity index is 1.89. The van der Waals surface area contributed by atoms with Crippen LogP contribution in [-0.4, -0.2) is 42.2 Å². The molecule has 0 aliphatic heterocycles. The van der Waals surface area contributed by atoms with Gasteiger partial charge in [-0.05, 0) is 53.6 Å². The summed E-state index contributed by atoms with van der Waals surface area (Å²) in [6.45, 7) is 12.1. The summed E-state index contributed by atoms with van der Waals surface area (Å²) < 4.78 is 5.57. The summed E-state index contributed by atoms with van der Waals surface area (Å²) >= 11 is 0. The van der Waals surface area contributed by atoms with Crippen molar-refractivity contribution in [2.45, 2.75) is 59.1 Å². The first-order chi connectivity index (χ1) is 15.0. The van der Waals surface area contributed by atoms with Gasteiger partial charge in [0.1, 0.15) is 24.5 Å². The molecule has 174 valence electrons. The summed E-state index contributed by atoms with van der Waals surface area (Å²) in [5.41, 5.74) is 2.70. The smallest absolute Gasteiger partial charge is 0.251 e. The molecule has 2 unspecified atom stereocenters. The molecule has 2 aromatic carbocycles. The van der Waals surface area contributed by atoms with Crippen molar-refractivity contribution in [1.82, 2.24) is 10.6 Å². The summed E-state index contributed by atoms with van der Waals surface area (Å²) in [7, 11) is 0. The molecule has 0 aliphatic carbocycles. The zero-order chi connectivity index (χ0) is 23.9. The minimum Gasteiger partial charge on any atom is -0.491 e. The number of carbonyl (C=O) groups is 2. The largest absolute Gasteiger partial charge is 0.491 e. The quantitative estimate of drug-likeness (QED) is 0.556. The molecule has 0 fully saturated rings. The van der Waals surface area contributed by atoms with Gasteiger partial charge in [0.15, 0.2) is 0 Å². The van der Waals surface area contributed by atoms with Gasteiger partial charge in [-0.3, -0.25) is 9.59 Å². The molecule has 0 radical (unpaired) electrons. The molecule has 0 saturated heterocycles. The summed E-state index contributed by atoms with van der Waals surface area (Å²) in [4.78, 5) is 25.4. The van der Waals surface area contributed by atoms with Gasteiger partial charge in [-0.1, -0.05) is 58.9 Å². The lowest BCUT2D eigenvalue weighted by molar-refractivity contribution is -0.124. The number of aliphatic hydroxyl groups is 1. The van der Waals surface area contributed by atoms with Crippen LogP contribution in [0.25, 0.3) is 0 Å². The Bertz CT molecular complexity index is 901. The van der Waals surface area contributed by atoms with Crippen LogP contribution in [-0.2, 0) is 10.2 Å². The van der Waals surface area contributed by atoms with Gasteiger partial charge in [0.25, 0.3) is 5.91 Å². The molecule has 2 rings (SSSR count). The third-order valence-corrected chi connectivity index (χ3v) is 5.19. The number of benzene rings is 2. The fourth-order valence-corrected chi connectivity index (χ4v) is 3.17. The van der Waals surface area contributed by atoms with E-state index in [9.17, 15) is 14.7 Å². The third-order valence-electron chi connectivity index (χ3n) is 5.19. The van der Waals surface area contributed by atoms with Gasteiger partial charge in [-0.15, -0.1) is 0 Å². The van der Waals surface area contributed by atoms with Crippen molar-refractivity contribution >= 4 is 11.8 Å². The first-order valence-corrected chi connectivity index (χ1v) is 11.0. The Labute approximate surface area is 191 Å². The fraction of sp³-hybridized carbons (Fsp3) is 0.462. The van der Waals surface area contributed by atoms with Crippen LogP contribution in [0.4, 0.5) is 0 Å². The molecular weight excluding hydrogens is 404 g/mol. The van der Waals surface area contributed by atoms with Gasteiger partial charge < -0.3 is 20.5 Å². The second-order valence-electron chi connectivity index (χ2n) is 9.55. The molecule has 2 atom stereocenters. The second kappa shape index (κ2) is 11.1. The molecular formula is C26H36N2O4. The Morgan fingerprint density at radius 1 is 1.06 bits per heavy atom. The summed E-state index contributed by atoms with van der Waals surface area (Å²) in [5, 5.41) is 15.7. The van der Waals surface area contributed by atoms with Crippen LogP contribution in [0.5, 0.6) is 5.75 Å². The number of amides is 2. The van der Waals surface area contributed by atoms with E-state index in [0.29, 0.717) is 11.3 Å². The summed E-state index contributed by atoms with van der Waals surface area (Å²) in [6.07, 6.45) is -0.868. The minimum absolute atomic E-state index is 0.000744. The van der Waals surface area contributed by atoms with E-state index in [1.165, 1.54) is 0 Å². The topological polar surface area (TPSA) is 87.7 Å². The Hall–Kier alpha value is -2.86. The molecule has 0 aliphatic rings. The second-order valence-corrected chi connectivity index (χ2v) is 9.55. The van der Waals surface area contributed by atoms with Crippen molar-refractivity contribution in [2.24, 2.45) is 5.92 Å². The number of carbonyl (C=O) groups excluding carboxylic acids is 2. The van der Waals surface area contributed by atoms with E-state index in [2.05, 4.69) is 31.4 Å². The zero-order valence-corrected chi connectivity index (χ0v) is 19.9. The van der Waals surface area contributed by atoms with Crippen LogP contribution in [0.15, 0.2) is 48.5 Å². The van der Waals surface area contributed by atoms with E-state index in [-0.39, 0.29) is 36.3 Å². The molecule has 6 heteroatoms. The van der Waals surface area contributed by atoms with Crippen molar-refractivity contribution in [3.8, 4) is 5.75 Å². The number of aryl methyl sites for hydroxylation is 1. The fourth-order valence-electron chi connectivity index (χ4n) is 3.17. The van der Waals surface area contributed by atoms with Gasteiger partial charge in [0.05, 0.1) is 0 Å². The normalized spacial score (nSPS) is 13.4. The maximum absolute atomic E-state index is 12.7. The van der Waals surface area contributed by atoms with Crippen molar-refractivity contribution in [2.75, 3.05) is 13.2 Å². The predicted octanol–water partition coefficient (Wildman–Crippen LogP) is 3.60. The van der Waals surface area contributed by atoms with Gasteiger partial charge in [0, 0.05) is 12.1 Å². The third kappa shape index (κ3) is 7.68. The molecule has 0 spiro atoms. The lowest BCUT2D eigenvalue weighted by Crippen LogP contribution is -2.51. The highest BCUT2D eigenvalue weighted by Crippen LogP contribution is 2.22. The minimum atomic E-state index is -0.868. The zero-order valence-electron chi connectivity index (χ0n) is 19.9. The van der Waals surface area contributed by atoms with Gasteiger partial charge in [-0.25, -0.2) is 0 Å². The Morgan fingerprint density at radius 3 is 2.28 bits per heavy atom. The van der Waals surface area contributed by atoms with Crippen molar-refractivity contribution < 1.29 is 19.4 Å². The molecule has 0 heterocycles. The molecule has 0 aromatic heterocycles. The van der Waals surface area contributed by atoms with Gasteiger partial charge in [0.2, 0.25) is 5.91 Å². The van der Waals surface area contributed by atoms with Crippen LogP contribution < -0.4 is 15.4 Å². The van der Waals surface area contributed by atoms with Crippen molar-refractivity contribution in [3.05, 3.63) is 65.2 Å². The van der Waals surface area contributed by atoms with E-state index in [1.54, 1.807) is 12.1 Å². The van der Waals surface area contributed by atoms with Gasteiger partial charge in [-0.2, -0.15) is 0 Å². The van der Waals surface area contributed by atoms with Crippen LogP contribution in [0.3, 0.4) is 0 Å². The molecule has 32 heavy (non-hydrogen) atoms. The lowest BCUT2D eigenvalue weighted by Gasteiger charge is -2.23. The number of hydrogen-bond acceptors (Lipinski definition) is 4. The van der Waals surface area contributed by atoms with Crippen LogP contribution >= 0.6 is 0 Å². The highest BCUT2D eigenvalue weighted by atomic mass is 16.5. The molecule has 0 bridgehead atoms. The van der Waals surface area contributed by atoms with Gasteiger partial charge >= 0.3 is 0 Å². The van der Waals surface area contributed by atoms with Crippen LogP contribution in [0, 0.1) is 12.8 Å². The SMILES string of the molecule is Cc1cccc(OCC(O)CNC(=O)C(NC(=O)c2ccc(C(C)(C)C)cc2)C(C)C)c1. The standard InChI is InChI=1S/C26H36N2O4/c1-17(2)23(28-24(30)19-10-12-20(13-11-19)26(4,5)6)25(31)27-15-21(29)16-32-22-9-7-8-18(3)14-22/h7-14,17,21,23,29H,15-16H2,1-6H3,(H,27,31)(H,28,30). The van der Waals surface area contributed by atoms with E-state index >= 15 is 0 Å². The van der Waals surface area contributed by atoms with E-state index in [1.807, 2.05) is 57.2 Å². The number of ether oxygens (including phenoxy) is 1. The summed E-state index contributed by atoms with van der Waals surface area (Å²) in [6, 6.07) is 14.2. The highest BCUT2D eigenvalue weighted by Gasteiger charge is 2.25. The lowest BCUT2D eigenvalue weighted by atomic mass is 9.86. The van der Waals surface area contributed by atoms with Crippen molar-refractivity contribution in [1.29, 1.82) is 0 Å². The number of nitrogens with one attached hydrogen (secondary N) is 2. The van der Waals surface area contributed by atoms with Crippen molar-refractivity contribution in [3.63, 3.8) is 0 Å². The Kier molecular flexibility index (Phi) is 8.84. The average molecular weight is 441 g/mol. The molecule has 3 N–H and O–H groups in total. The first kappa shape index (κ1) is 25.4. The maximum Gasteiger partial charge on any atom is 0.251 e. The molecule has 6 nitrogen and oxygen atoms in total. The highest BCUT2D eigenvalue weighted by molar-refractivity contribution is 5.97. The Morgan fingerprint density at radius 2 is 1.72 bits per heavy atom. The summed E-state index contributed by atoms with van der Waals surface area (Å²) in [5.74, 6) is -0.0921. The first-order valence-electron chi connectivity index (χ1n) is 11.0. The van der Waals surface area contributed by atoms with E-state index in [4.69, 9.17) is 4.74 Å².